The number of aromatic nitrogens is 1. The lowest BCUT2D eigenvalue weighted by molar-refractivity contribution is 0.0970. The molecule has 0 bridgehead atoms. The fraction of sp³-hybridized carbons (Fsp3) is 0.300. The van der Waals surface area contributed by atoms with Gasteiger partial charge in [0.15, 0.2) is 11.4 Å². The van der Waals surface area contributed by atoms with Crippen molar-refractivity contribution in [3.8, 4) is 0 Å². The lowest BCUT2D eigenvalue weighted by atomic mass is 10.1. The fourth-order valence-corrected chi connectivity index (χ4v) is 4.94. The van der Waals surface area contributed by atoms with Crippen molar-refractivity contribution in [2.45, 2.75) is 31.2 Å². The Balaban J connectivity index is 1.67. The maximum Gasteiger partial charge on any atom is 0.420 e. The average Bonchev–Trinajstić information content (AvgIpc) is 3.31. The minimum atomic E-state index is -3.61. The molecule has 146 valence electrons. The van der Waals surface area contributed by atoms with Crippen molar-refractivity contribution in [1.29, 1.82) is 0 Å². The number of oxazole rings is 1. The standard InChI is InChI=1S/C20H20N2O5S/c1-14-4-6-15(7-5-14)18(23)13-22-17-9-8-16(12-19(17)27-20(22)24)28(25,26)21-10-2-3-11-21/h4-9,12H,2-3,10-11,13H2,1H3. The van der Waals surface area contributed by atoms with Gasteiger partial charge >= 0.3 is 5.76 Å². The van der Waals surface area contributed by atoms with Gasteiger partial charge in [-0.1, -0.05) is 29.8 Å². The molecule has 0 atom stereocenters. The van der Waals surface area contributed by atoms with Gasteiger partial charge in [0.25, 0.3) is 0 Å². The molecule has 0 amide bonds. The molecule has 2 heterocycles. The summed E-state index contributed by atoms with van der Waals surface area (Å²) in [5.74, 6) is -0.912. The largest absolute Gasteiger partial charge is 0.420 e. The van der Waals surface area contributed by atoms with Crippen LogP contribution in [0.4, 0.5) is 0 Å². The molecule has 2 aromatic carbocycles. The Morgan fingerprint density at radius 2 is 1.75 bits per heavy atom. The SMILES string of the molecule is Cc1ccc(C(=O)Cn2c(=O)oc3cc(S(=O)(=O)N4CCCC4)ccc32)cc1. The monoisotopic (exact) mass is 400 g/mol. The van der Waals surface area contributed by atoms with Gasteiger partial charge in [-0.05, 0) is 31.9 Å². The summed E-state index contributed by atoms with van der Waals surface area (Å²) in [7, 11) is -3.61. The predicted molar refractivity (Wildman–Crippen MR) is 104 cm³/mol. The van der Waals surface area contributed by atoms with E-state index in [1.54, 1.807) is 12.1 Å². The molecule has 0 saturated carbocycles. The molecule has 1 aliphatic rings. The molecular weight excluding hydrogens is 380 g/mol. The number of benzene rings is 2. The molecule has 4 rings (SSSR count). The number of carbonyl (C=O) groups is 1. The van der Waals surface area contributed by atoms with Gasteiger partial charge < -0.3 is 4.42 Å². The van der Waals surface area contributed by atoms with Crippen molar-refractivity contribution >= 4 is 26.9 Å². The molecule has 28 heavy (non-hydrogen) atoms. The Bertz CT molecular complexity index is 1200. The number of aryl methyl sites for hydroxylation is 1. The van der Waals surface area contributed by atoms with Crippen LogP contribution in [0.15, 0.2) is 56.6 Å². The number of Topliss-reactive ketones (excluding diaryl/α,β-unsaturated/α-hetero) is 1. The van der Waals surface area contributed by atoms with Crippen LogP contribution in [-0.2, 0) is 16.6 Å². The molecule has 0 radical (unpaired) electrons. The highest BCUT2D eigenvalue weighted by molar-refractivity contribution is 7.89. The molecule has 1 aromatic heterocycles. The minimum Gasteiger partial charge on any atom is -0.408 e. The van der Waals surface area contributed by atoms with Gasteiger partial charge in [0.1, 0.15) is 0 Å². The van der Waals surface area contributed by atoms with Gasteiger partial charge in [-0.3, -0.25) is 9.36 Å². The van der Waals surface area contributed by atoms with Gasteiger partial charge in [0, 0.05) is 24.7 Å². The van der Waals surface area contributed by atoms with Crippen LogP contribution in [0.3, 0.4) is 0 Å². The van der Waals surface area contributed by atoms with Crippen LogP contribution < -0.4 is 5.76 Å². The molecule has 7 nitrogen and oxygen atoms in total. The van der Waals surface area contributed by atoms with Crippen LogP contribution in [0.2, 0.25) is 0 Å². The number of rotatable bonds is 5. The molecule has 0 aliphatic carbocycles. The van der Waals surface area contributed by atoms with Gasteiger partial charge in [-0.2, -0.15) is 4.31 Å². The van der Waals surface area contributed by atoms with E-state index < -0.39 is 15.8 Å². The van der Waals surface area contributed by atoms with Gasteiger partial charge in [-0.15, -0.1) is 0 Å². The minimum absolute atomic E-state index is 0.0904. The van der Waals surface area contributed by atoms with E-state index in [0.717, 1.165) is 18.4 Å². The van der Waals surface area contributed by atoms with Crippen LogP contribution in [0.5, 0.6) is 0 Å². The summed E-state index contributed by atoms with van der Waals surface area (Å²) in [5, 5.41) is 0. The first-order chi connectivity index (χ1) is 13.4. The smallest absolute Gasteiger partial charge is 0.408 e. The lowest BCUT2D eigenvalue weighted by Crippen LogP contribution is -2.27. The summed E-state index contributed by atoms with van der Waals surface area (Å²) in [6, 6.07) is 11.4. The van der Waals surface area contributed by atoms with E-state index >= 15 is 0 Å². The van der Waals surface area contributed by atoms with Crippen molar-refractivity contribution < 1.29 is 17.6 Å². The molecule has 0 unspecified atom stereocenters. The number of fused-ring (bicyclic) bond motifs is 1. The number of hydrogen-bond acceptors (Lipinski definition) is 5. The highest BCUT2D eigenvalue weighted by Crippen LogP contribution is 2.24. The number of nitrogens with zero attached hydrogens (tertiary/aromatic N) is 2. The quantitative estimate of drug-likeness (QED) is 0.614. The predicted octanol–water partition coefficient (Wildman–Crippen LogP) is 2.57. The Morgan fingerprint density at radius 1 is 1.07 bits per heavy atom. The molecule has 0 N–H and O–H groups in total. The Hall–Kier alpha value is -2.71. The topological polar surface area (TPSA) is 89.6 Å². The van der Waals surface area contributed by atoms with Gasteiger partial charge in [0.2, 0.25) is 10.0 Å². The first kappa shape index (κ1) is 18.6. The van der Waals surface area contributed by atoms with Crippen molar-refractivity contribution in [2.75, 3.05) is 13.1 Å². The second kappa shape index (κ2) is 7.03. The van der Waals surface area contributed by atoms with E-state index in [0.29, 0.717) is 24.2 Å². The van der Waals surface area contributed by atoms with Crippen molar-refractivity contribution in [1.82, 2.24) is 8.87 Å². The summed E-state index contributed by atoms with van der Waals surface area (Å²) in [4.78, 5) is 24.9. The first-order valence-corrected chi connectivity index (χ1v) is 10.5. The molecule has 1 fully saturated rings. The van der Waals surface area contributed by atoms with E-state index in [4.69, 9.17) is 4.42 Å². The fourth-order valence-electron chi connectivity index (χ4n) is 3.41. The first-order valence-electron chi connectivity index (χ1n) is 9.10. The number of hydrogen-bond donors (Lipinski definition) is 0. The normalized spacial score (nSPS) is 15.3. The lowest BCUT2D eigenvalue weighted by Gasteiger charge is -2.15. The third-order valence-electron chi connectivity index (χ3n) is 5.02. The van der Waals surface area contributed by atoms with E-state index in [2.05, 4.69) is 0 Å². The van der Waals surface area contributed by atoms with E-state index in [-0.39, 0.29) is 22.8 Å². The molecule has 0 spiro atoms. The van der Waals surface area contributed by atoms with Crippen LogP contribution in [0.25, 0.3) is 11.1 Å². The summed E-state index contributed by atoms with van der Waals surface area (Å²) >= 11 is 0. The zero-order chi connectivity index (χ0) is 19.9. The highest BCUT2D eigenvalue weighted by Gasteiger charge is 2.28. The van der Waals surface area contributed by atoms with Gasteiger partial charge in [-0.25, -0.2) is 13.2 Å². The summed E-state index contributed by atoms with van der Waals surface area (Å²) in [5.41, 5.74) is 2.09. The van der Waals surface area contributed by atoms with Crippen LogP contribution in [-0.4, -0.2) is 36.2 Å². The summed E-state index contributed by atoms with van der Waals surface area (Å²) in [6.45, 7) is 2.75. The number of ketones is 1. The molecule has 1 aliphatic heterocycles. The van der Waals surface area contributed by atoms with Crippen molar-refractivity contribution in [3.05, 3.63) is 64.1 Å². The molecule has 1 saturated heterocycles. The molecule has 8 heteroatoms. The second-order valence-corrected chi connectivity index (χ2v) is 8.92. The number of sulfonamides is 1. The average molecular weight is 400 g/mol. The zero-order valence-corrected chi connectivity index (χ0v) is 16.2. The van der Waals surface area contributed by atoms with E-state index in [9.17, 15) is 18.0 Å². The van der Waals surface area contributed by atoms with E-state index in [1.165, 1.54) is 27.1 Å². The maximum absolute atomic E-state index is 12.7. The third kappa shape index (κ3) is 3.29. The highest BCUT2D eigenvalue weighted by atomic mass is 32.2. The Morgan fingerprint density at radius 3 is 2.43 bits per heavy atom. The summed E-state index contributed by atoms with van der Waals surface area (Å²) < 4.78 is 33.3. The van der Waals surface area contributed by atoms with Crippen molar-refractivity contribution in [2.24, 2.45) is 0 Å². The van der Waals surface area contributed by atoms with Crippen LogP contribution >= 0.6 is 0 Å². The Labute approximate surface area is 162 Å². The number of carbonyl (C=O) groups excluding carboxylic acids is 1. The molecular formula is C20H20N2O5S. The van der Waals surface area contributed by atoms with Crippen LogP contribution in [0.1, 0.15) is 28.8 Å². The molecule has 3 aromatic rings. The van der Waals surface area contributed by atoms with E-state index in [1.807, 2.05) is 19.1 Å². The second-order valence-electron chi connectivity index (χ2n) is 6.98. The van der Waals surface area contributed by atoms with Gasteiger partial charge in [0.05, 0.1) is 17.0 Å². The van der Waals surface area contributed by atoms with Crippen molar-refractivity contribution in [3.63, 3.8) is 0 Å². The maximum atomic E-state index is 12.7. The Kier molecular flexibility index (Phi) is 4.68. The summed E-state index contributed by atoms with van der Waals surface area (Å²) in [6.07, 6.45) is 1.68. The zero-order valence-electron chi connectivity index (χ0n) is 15.4. The van der Waals surface area contributed by atoms with Crippen LogP contribution in [0, 0.1) is 6.92 Å². The third-order valence-corrected chi connectivity index (χ3v) is 6.91.